The smallest absolute Gasteiger partial charge is 0.306 e. The van der Waals surface area contributed by atoms with Crippen LogP contribution in [0.2, 0.25) is 0 Å². The molecular formula is C30H35F2N3O7S. The average molecular weight is 620 g/mol. The van der Waals surface area contributed by atoms with Crippen LogP contribution in [-0.2, 0) is 30.6 Å². The third-order valence-corrected chi connectivity index (χ3v) is 9.30. The zero-order chi connectivity index (χ0) is 30.9. The molecule has 1 aromatic heterocycles. The summed E-state index contributed by atoms with van der Waals surface area (Å²) in [7, 11) is -3.40. The Morgan fingerprint density at radius 3 is 2.51 bits per heavy atom. The summed E-state index contributed by atoms with van der Waals surface area (Å²) < 4.78 is 65.3. The molecule has 0 unspecified atom stereocenters. The van der Waals surface area contributed by atoms with Gasteiger partial charge in [0.2, 0.25) is 5.91 Å². The van der Waals surface area contributed by atoms with Crippen LogP contribution in [-0.4, -0.2) is 72.1 Å². The minimum Gasteiger partial charge on any atom is -0.481 e. The number of ether oxygens (including phenoxy) is 1. The van der Waals surface area contributed by atoms with Crippen molar-refractivity contribution in [3.05, 3.63) is 53.1 Å². The van der Waals surface area contributed by atoms with Crippen molar-refractivity contribution >= 4 is 44.5 Å². The van der Waals surface area contributed by atoms with Gasteiger partial charge >= 0.3 is 5.97 Å². The summed E-state index contributed by atoms with van der Waals surface area (Å²) in [5.74, 6) is -3.04. The fourth-order valence-electron chi connectivity index (χ4n) is 6.06. The van der Waals surface area contributed by atoms with E-state index in [1.165, 1.54) is 29.2 Å². The van der Waals surface area contributed by atoms with E-state index in [1.807, 2.05) is 0 Å². The van der Waals surface area contributed by atoms with Gasteiger partial charge in [-0.15, -0.1) is 0 Å². The maximum Gasteiger partial charge on any atom is 0.306 e. The van der Waals surface area contributed by atoms with Crippen molar-refractivity contribution in [1.29, 1.82) is 0 Å². The Bertz CT molecular complexity index is 1620. The summed E-state index contributed by atoms with van der Waals surface area (Å²) in [4.78, 5) is 30.7. The van der Waals surface area contributed by atoms with Gasteiger partial charge in [-0.25, -0.2) is 17.2 Å². The Balaban J connectivity index is 1.31. The number of amides is 1. The minimum atomic E-state index is -3.40. The number of likely N-dealkylation sites (tertiary alicyclic amines) is 1. The predicted octanol–water partition coefficient (Wildman–Crippen LogP) is 4.76. The topological polar surface area (TPSA) is 139 Å². The zero-order valence-electron chi connectivity index (χ0n) is 24.0. The molecule has 232 valence electrons. The first-order chi connectivity index (χ1) is 20.4. The van der Waals surface area contributed by atoms with Gasteiger partial charge in [0.25, 0.3) is 6.01 Å². The number of benzene rings is 2. The van der Waals surface area contributed by atoms with Gasteiger partial charge in [0, 0.05) is 23.5 Å². The maximum absolute atomic E-state index is 15.6. The molecule has 2 aliphatic rings. The van der Waals surface area contributed by atoms with E-state index in [4.69, 9.17) is 9.15 Å². The summed E-state index contributed by atoms with van der Waals surface area (Å²) in [5.41, 5.74) is 1.27. The Morgan fingerprint density at radius 2 is 1.81 bits per heavy atom. The first-order valence-corrected chi connectivity index (χ1v) is 16.4. The number of carbonyl (C=O) groups excluding carboxylic acids is 1. The normalized spacial score (nSPS) is 22.7. The summed E-state index contributed by atoms with van der Waals surface area (Å²) in [6.07, 6.45) is 3.91. The maximum atomic E-state index is 15.6. The molecule has 3 aromatic rings. The number of nitrogens with one attached hydrogen (secondary N) is 1. The molecule has 1 aliphatic carbocycles. The van der Waals surface area contributed by atoms with Crippen LogP contribution in [0.5, 0.6) is 0 Å². The molecule has 0 spiro atoms. The van der Waals surface area contributed by atoms with Crippen molar-refractivity contribution in [2.24, 2.45) is 5.92 Å². The van der Waals surface area contributed by atoms with E-state index in [0.717, 1.165) is 11.8 Å². The standard InChI is InChI=1S/C30H35F2N3O7S/c1-17-3-7-20(31)14-25(17)34-30-33-24-12-6-19(27(32)28(24)42-30)13-26(36)35-21(8-9-22(35)16-43(2,39)40)15-41-23-10-4-18(5-11-23)29(37)38/h3,6-7,12,14,18,21-23H,4-5,8-11,13,15-16H2,1-2H3,(H,33,34)(H,37,38)/t18?,21-,22-,23?/m0/s1. The fraction of sp³-hybridized carbons (Fsp3) is 0.500. The lowest BCUT2D eigenvalue weighted by molar-refractivity contribution is -0.144. The molecule has 2 N–H and O–H groups in total. The molecular weight excluding hydrogens is 584 g/mol. The van der Waals surface area contributed by atoms with Gasteiger partial charge in [0.15, 0.2) is 11.4 Å². The fourth-order valence-corrected chi connectivity index (χ4v) is 7.08. The van der Waals surface area contributed by atoms with E-state index in [1.54, 1.807) is 13.0 Å². The third kappa shape index (κ3) is 7.32. The predicted molar refractivity (Wildman–Crippen MR) is 155 cm³/mol. The summed E-state index contributed by atoms with van der Waals surface area (Å²) in [6.45, 7) is 1.96. The van der Waals surface area contributed by atoms with Crippen LogP contribution in [0.1, 0.15) is 49.7 Å². The third-order valence-electron chi connectivity index (χ3n) is 8.31. The van der Waals surface area contributed by atoms with Gasteiger partial charge in [-0.2, -0.15) is 4.98 Å². The van der Waals surface area contributed by atoms with Gasteiger partial charge in [-0.05, 0) is 69.2 Å². The molecule has 13 heteroatoms. The second kappa shape index (κ2) is 12.6. The lowest BCUT2D eigenvalue weighted by atomic mass is 9.87. The monoisotopic (exact) mass is 619 g/mol. The molecule has 2 atom stereocenters. The van der Waals surface area contributed by atoms with Crippen molar-refractivity contribution in [1.82, 2.24) is 9.88 Å². The second-order valence-electron chi connectivity index (χ2n) is 11.6. The molecule has 1 aliphatic heterocycles. The molecule has 10 nitrogen and oxygen atoms in total. The number of carboxylic acid groups (broad SMARTS) is 1. The molecule has 1 amide bonds. The number of aliphatic carboxylic acids is 1. The number of carboxylic acids is 1. The van der Waals surface area contributed by atoms with Crippen molar-refractivity contribution in [3.63, 3.8) is 0 Å². The second-order valence-corrected chi connectivity index (χ2v) is 13.8. The molecule has 1 saturated heterocycles. The SMILES string of the molecule is Cc1ccc(F)cc1Nc1nc2ccc(CC(=O)N3[C@H](COC4CCC(C(=O)O)CC4)CC[C@H]3CS(C)(=O)=O)c(F)c2o1. The van der Waals surface area contributed by atoms with Crippen LogP contribution in [0.3, 0.4) is 0 Å². The molecule has 43 heavy (non-hydrogen) atoms. The van der Waals surface area contributed by atoms with Gasteiger partial charge in [0.05, 0.1) is 36.8 Å². The first kappa shape index (κ1) is 30.9. The van der Waals surface area contributed by atoms with Crippen LogP contribution in [0.25, 0.3) is 11.1 Å². The van der Waals surface area contributed by atoms with Crippen molar-refractivity contribution in [2.75, 3.05) is 23.9 Å². The molecule has 2 aromatic carbocycles. The van der Waals surface area contributed by atoms with Crippen LogP contribution in [0.4, 0.5) is 20.5 Å². The highest BCUT2D eigenvalue weighted by Gasteiger charge is 2.39. The molecule has 1 saturated carbocycles. The Labute approximate surface area is 248 Å². The van der Waals surface area contributed by atoms with Crippen molar-refractivity contribution < 1.29 is 41.0 Å². The number of carbonyl (C=O) groups is 2. The summed E-state index contributed by atoms with van der Waals surface area (Å²) in [5, 5.41) is 12.1. The number of oxazole rings is 1. The lowest BCUT2D eigenvalue weighted by Crippen LogP contribution is -2.47. The van der Waals surface area contributed by atoms with Gasteiger partial charge in [-0.3, -0.25) is 9.59 Å². The number of fused-ring (bicyclic) bond motifs is 1. The number of aryl methyl sites for hydroxylation is 1. The van der Waals surface area contributed by atoms with Gasteiger partial charge in [0.1, 0.15) is 21.2 Å². The number of hydrogen-bond acceptors (Lipinski definition) is 8. The molecule has 0 radical (unpaired) electrons. The first-order valence-electron chi connectivity index (χ1n) is 14.3. The number of sulfone groups is 1. The number of rotatable bonds is 10. The molecule has 0 bridgehead atoms. The molecule has 2 heterocycles. The Hall–Kier alpha value is -3.58. The van der Waals surface area contributed by atoms with Crippen LogP contribution in [0.15, 0.2) is 34.7 Å². The summed E-state index contributed by atoms with van der Waals surface area (Å²) >= 11 is 0. The average Bonchev–Trinajstić information content (AvgIpc) is 3.54. The highest BCUT2D eigenvalue weighted by atomic mass is 32.2. The van der Waals surface area contributed by atoms with E-state index in [-0.39, 0.29) is 59.5 Å². The molecule has 2 fully saturated rings. The Morgan fingerprint density at radius 1 is 1.09 bits per heavy atom. The van der Waals surface area contributed by atoms with E-state index in [2.05, 4.69) is 10.3 Å². The van der Waals surface area contributed by atoms with Gasteiger partial charge in [-0.1, -0.05) is 12.1 Å². The van der Waals surface area contributed by atoms with E-state index >= 15 is 4.39 Å². The summed E-state index contributed by atoms with van der Waals surface area (Å²) in [6, 6.07) is 6.16. The van der Waals surface area contributed by atoms with Gasteiger partial charge < -0.3 is 24.5 Å². The largest absolute Gasteiger partial charge is 0.481 e. The van der Waals surface area contributed by atoms with E-state index < -0.39 is 39.4 Å². The number of hydrogen-bond donors (Lipinski definition) is 2. The highest BCUT2D eigenvalue weighted by Crippen LogP contribution is 2.32. The number of anilines is 2. The highest BCUT2D eigenvalue weighted by molar-refractivity contribution is 7.90. The minimum absolute atomic E-state index is 0.0339. The van der Waals surface area contributed by atoms with Crippen LogP contribution < -0.4 is 5.32 Å². The number of halogens is 2. The van der Waals surface area contributed by atoms with Crippen molar-refractivity contribution in [2.45, 2.75) is 70.1 Å². The van der Waals surface area contributed by atoms with Crippen LogP contribution in [0, 0.1) is 24.5 Å². The number of aromatic nitrogens is 1. The molecule has 5 rings (SSSR count). The number of nitrogens with zero attached hydrogens (tertiary/aromatic N) is 2. The Kier molecular flexibility index (Phi) is 9.02. The lowest BCUT2D eigenvalue weighted by Gasteiger charge is -2.32. The quantitative estimate of drug-likeness (QED) is 0.329. The van der Waals surface area contributed by atoms with E-state index in [0.29, 0.717) is 44.2 Å². The van der Waals surface area contributed by atoms with Crippen molar-refractivity contribution in [3.8, 4) is 0 Å². The van der Waals surface area contributed by atoms with Crippen LogP contribution >= 0.6 is 0 Å². The zero-order valence-corrected chi connectivity index (χ0v) is 24.8. The van der Waals surface area contributed by atoms with E-state index in [9.17, 15) is 27.5 Å².